The van der Waals surface area contributed by atoms with Gasteiger partial charge in [0, 0.05) is 32.1 Å². The number of hydrogen-bond donors (Lipinski definition) is 1. The number of benzene rings is 1. The monoisotopic (exact) mass is 302 g/mol. The first kappa shape index (κ1) is 17.0. The van der Waals surface area contributed by atoms with Gasteiger partial charge in [-0.05, 0) is 55.4 Å². The normalized spacial score (nSPS) is 22.0. The second-order valence-corrected chi connectivity index (χ2v) is 6.81. The molecule has 1 N–H and O–H groups in total. The number of nitrogens with one attached hydrogen (secondary N) is 1. The smallest absolute Gasteiger partial charge is 0.222 e. The molecule has 22 heavy (non-hydrogen) atoms. The van der Waals surface area contributed by atoms with Crippen LogP contribution in [-0.2, 0) is 11.3 Å². The first-order chi connectivity index (χ1) is 10.4. The Hall–Kier alpha value is -1.35. The maximum Gasteiger partial charge on any atom is 0.222 e. The summed E-state index contributed by atoms with van der Waals surface area (Å²) in [6.45, 7) is 13.4. The van der Waals surface area contributed by atoms with Gasteiger partial charge >= 0.3 is 0 Å². The van der Waals surface area contributed by atoms with Crippen LogP contribution in [0.4, 0.5) is 0 Å². The van der Waals surface area contributed by atoms with Gasteiger partial charge in [0.15, 0.2) is 0 Å². The van der Waals surface area contributed by atoms with Crippen LogP contribution in [0.2, 0.25) is 0 Å². The summed E-state index contributed by atoms with van der Waals surface area (Å²) in [5, 5.41) is 3.71. The molecule has 1 aliphatic heterocycles. The first-order valence-electron chi connectivity index (χ1n) is 8.50. The van der Waals surface area contributed by atoms with Gasteiger partial charge in [-0.15, -0.1) is 0 Å². The lowest BCUT2D eigenvalue weighted by atomic mass is 9.93. The van der Waals surface area contributed by atoms with E-state index in [0.717, 1.165) is 26.1 Å². The van der Waals surface area contributed by atoms with Gasteiger partial charge in [-0.25, -0.2) is 0 Å². The van der Waals surface area contributed by atoms with Crippen molar-refractivity contribution >= 4 is 5.91 Å². The molecule has 0 radical (unpaired) electrons. The zero-order valence-electron chi connectivity index (χ0n) is 14.7. The van der Waals surface area contributed by atoms with Crippen LogP contribution in [0.1, 0.15) is 48.9 Å². The molecule has 1 aliphatic rings. The fourth-order valence-corrected chi connectivity index (χ4v) is 3.35. The predicted molar refractivity (Wildman–Crippen MR) is 91.9 cm³/mol. The third kappa shape index (κ3) is 3.89. The molecule has 0 aliphatic carbocycles. The first-order valence-corrected chi connectivity index (χ1v) is 8.50. The molecule has 2 rings (SSSR count). The van der Waals surface area contributed by atoms with E-state index < -0.39 is 0 Å². The zero-order valence-corrected chi connectivity index (χ0v) is 14.7. The third-order valence-corrected chi connectivity index (χ3v) is 5.07. The van der Waals surface area contributed by atoms with Crippen molar-refractivity contribution in [1.82, 2.24) is 10.2 Å². The number of carbonyl (C=O) groups is 1. The summed E-state index contributed by atoms with van der Waals surface area (Å²) in [6.07, 6.45) is 1.67. The van der Waals surface area contributed by atoms with E-state index in [2.05, 4.69) is 45.1 Å². The molecule has 1 aromatic rings. The average Bonchev–Trinajstić information content (AvgIpc) is 2.49. The molecule has 0 aromatic heterocycles. The summed E-state index contributed by atoms with van der Waals surface area (Å²) >= 11 is 0. The van der Waals surface area contributed by atoms with Crippen LogP contribution in [0.15, 0.2) is 12.1 Å². The molecule has 1 aromatic carbocycles. The Bertz CT molecular complexity index is 538. The molecule has 0 unspecified atom stereocenters. The topological polar surface area (TPSA) is 32.3 Å². The van der Waals surface area contributed by atoms with Gasteiger partial charge in [0.25, 0.3) is 0 Å². The highest BCUT2D eigenvalue weighted by molar-refractivity contribution is 5.75. The summed E-state index contributed by atoms with van der Waals surface area (Å²) in [4.78, 5) is 13.8. The van der Waals surface area contributed by atoms with Crippen LogP contribution < -0.4 is 5.32 Å². The Balaban J connectivity index is 1.93. The van der Waals surface area contributed by atoms with Crippen molar-refractivity contribution in [2.75, 3.05) is 13.1 Å². The van der Waals surface area contributed by atoms with Crippen molar-refractivity contribution in [2.45, 2.75) is 60.0 Å². The average molecular weight is 302 g/mol. The highest BCUT2D eigenvalue weighted by Gasteiger charge is 2.27. The second-order valence-electron chi connectivity index (χ2n) is 6.81. The van der Waals surface area contributed by atoms with E-state index in [1.165, 1.54) is 22.3 Å². The number of amides is 1. The minimum Gasteiger partial charge on any atom is -0.342 e. The number of nitrogens with zero attached hydrogens (tertiary/aromatic N) is 1. The molecule has 1 fully saturated rings. The van der Waals surface area contributed by atoms with Crippen LogP contribution in [-0.4, -0.2) is 29.9 Å². The molecule has 0 saturated carbocycles. The number of rotatable bonds is 4. The third-order valence-electron chi connectivity index (χ3n) is 5.07. The summed E-state index contributed by atoms with van der Waals surface area (Å²) in [5.74, 6) is 0.798. The molecule has 3 nitrogen and oxygen atoms in total. The minimum atomic E-state index is 0.287. The molecular formula is C19H30N2O. The lowest BCUT2D eigenvalue weighted by Crippen LogP contribution is -2.49. The number of piperidine rings is 1. The molecule has 1 amide bonds. The highest BCUT2D eigenvalue weighted by Crippen LogP contribution is 2.20. The van der Waals surface area contributed by atoms with Crippen molar-refractivity contribution in [1.29, 1.82) is 0 Å². The number of hydrogen-bond acceptors (Lipinski definition) is 2. The Kier molecular flexibility index (Phi) is 5.63. The maximum atomic E-state index is 11.8. The minimum absolute atomic E-state index is 0.287. The van der Waals surface area contributed by atoms with Crippen molar-refractivity contribution in [3.63, 3.8) is 0 Å². The van der Waals surface area contributed by atoms with E-state index in [1.54, 1.807) is 0 Å². The summed E-state index contributed by atoms with van der Waals surface area (Å²) in [7, 11) is 0. The standard InChI is InChI=1S/C19H30N2O/c1-6-19(22)21-8-7-18(16(5)12-21)20-11-17-10-14(3)13(2)9-15(17)4/h9-10,16,18,20H,6-8,11-12H2,1-5H3/t16-,18+/m0/s1. The zero-order chi connectivity index (χ0) is 16.3. The highest BCUT2D eigenvalue weighted by atomic mass is 16.2. The van der Waals surface area contributed by atoms with Crippen molar-refractivity contribution in [2.24, 2.45) is 5.92 Å². The predicted octanol–water partition coefficient (Wildman–Crippen LogP) is 3.35. The maximum absolute atomic E-state index is 11.8. The van der Waals surface area contributed by atoms with Gasteiger partial charge in [0.1, 0.15) is 0 Å². The second kappa shape index (κ2) is 7.28. The fraction of sp³-hybridized carbons (Fsp3) is 0.632. The van der Waals surface area contributed by atoms with Gasteiger partial charge < -0.3 is 10.2 Å². The van der Waals surface area contributed by atoms with Crippen molar-refractivity contribution in [3.8, 4) is 0 Å². The summed E-state index contributed by atoms with van der Waals surface area (Å²) in [6, 6.07) is 5.08. The van der Waals surface area contributed by atoms with E-state index in [1.807, 2.05) is 11.8 Å². The SMILES string of the molecule is CCC(=O)N1CC[C@@H](NCc2cc(C)c(C)cc2C)[C@@H](C)C1. The van der Waals surface area contributed by atoms with E-state index in [4.69, 9.17) is 0 Å². The van der Waals surface area contributed by atoms with Gasteiger partial charge in [-0.3, -0.25) is 4.79 Å². The number of likely N-dealkylation sites (tertiary alicyclic amines) is 1. The quantitative estimate of drug-likeness (QED) is 0.925. The molecule has 1 heterocycles. The van der Waals surface area contributed by atoms with E-state index in [-0.39, 0.29) is 5.91 Å². The molecule has 2 atom stereocenters. The molecular weight excluding hydrogens is 272 g/mol. The van der Waals surface area contributed by atoms with Crippen LogP contribution in [0.5, 0.6) is 0 Å². The van der Waals surface area contributed by atoms with Crippen LogP contribution in [0.3, 0.4) is 0 Å². The van der Waals surface area contributed by atoms with E-state index in [9.17, 15) is 4.79 Å². The summed E-state index contributed by atoms with van der Waals surface area (Å²) < 4.78 is 0. The van der Waals surface area contributed by atoms with Crippen LogP contribution in [0.25, 0.3) is 0 Å². The molecule has 122 valence electrons. The van der Waals surface area contributed by atoms with Gasteiger partial charge in [0.05, 0.1) is 0 Å². The van der Waals surface area contributed by atoms with Crippen LogP contribution >= 0.6 is 0 Å². The molecule has 0 spiro atoms. The lowest BCUT2D eigenvalue weighted by molar-refractivity contribution is -0.132. The largest absolute Gasteiger partial charge is 0.342 e. The van der Waals surface area contributed by atoms with Gasteiger partial charge in [-0.1, -0.05) is 26.0 Å². The Morgan fingerprint density at radius 1 is 1.23 bits per heavy atom. The Labute approximate surface area is 135 Å². The molecule has 0 bridgehead atoms. The lowest BCUT2D eigenvalue weighted by Gasteiger charge is -2.37. The van der Waals surface area contributed by atoms with E-state index in [0.29, 0.717) is 18.4 Å². The van der Waals surface area contributed by atoms with Crippen LogP contribution in [0, 0.1) is 26.7 Å². The number of aryl methyl sites for hydroxylation is 3. The van der Waals surface area contributed by atoms with Crippen molar-refractivity contribution in [3.05, 3.63) is 34.4 Å². The van der Waals surface area contributed by atoms with E-state index >= 15 is 0 Å². The van der Waals surface area contributed by atoms with Gasteiger partial charge in [0.2, 0.25) is 5.91 Å². The number of carbonyl (C=O) groups excluding carboxylic acids is 1. The Morgan fingerprint density at radius 2 is 1.91 bits per heavy atom. The molecule has 1 saturated heterocycles. The van der Waals surface area contributed by atoms with Crippen molar-refractivity contribution < 1.29 is 4.79 Å². The molecule has 3 heteroatoms. The fourth-order valence-electron chi connectivity index (χ4n) is 3.35. The van der Waals surface area contributed by atoms with Gasteiger partial charge in [-0.2, -0.15) is 0 Å². The summed E-state index contributed by atoms with van der Waals surface area (Å²) in [5.41, 5.74) is 5.48. The Morgan fingerprint density at radius 3 is 2.55 bits per heavy atom.